The van der Waals surface area contributed by atoms with Crippen molar-refractivity contribution in [2.75, 3.05) is 12.0 Å². The molecule has 0 spiro atoms. The molecule has 3 aromatic rings. The number of hydrogen-bond donors (Lipinski definition) is 1. The summed E-state index contributed by atoms with van der Waals surface area (Å²) in [5.41, 5.74) is -0.487. The topological polar surface area (TPSA) is 79.5 Å². The number of nitrogens with zero attached hydrogens (tertiary/aromatic N) is 1. The molecule has 2 aliphatic carbocycles. The summed E-state index contributed by atoms with van der Waals surface area (Å²) in [5, 5.41) is 0.695. The molecule has 2 amide bonds. The van der Waals surface area contributed by atoms with E-state index in [0.717, 1.165) is 37.8 Å². The average Bonchev–Trinajstić information content (AvgIpc) is 3.62. The number of para-hydroxylation sites is 2. The number of benzene rings is 2. The van der Waals surface area contributed by atoms with Gasteiger partial charge >= 0.3 is 11.0 Å². The Balaban J connectivity index is 1.34. The van der Waals surface area contributed by atoms with Gasteiger partial charge in [0, 0.05) is 21.6 Å². The number of aromatic nitrogens is 1. The van der Waals surface area contributed by atoms with Gasteiger partial charge in [0.15, 0.2) is 0 Å². The average molecular weight is 559 g/mol. The number of H-pyrrole nitrogens is 1. The maximum atomic E-state index is 13.8. The summed E-state index contributed by atoms with van der Waals surface area (Å²) in [6, 6.07) is 12.4. The third-order valence-corrected chi connectivity index (χ3v) is 11.2. The minimum Gasteiger partial charge on any atom is -0.496 e. The van der Waals surface area contributed by atoms with Crippen LogP contribution in [0.3, 0.4) is 0 Å². The number of thioether (sulfide) groups is 1. The van der Waals surface area contributed by atoms with Gasteiger partial charge in [-0.1, -0.05) is 41.7 Å². The van der Waals surface area contributed by atoms with Crippen LogP contribution < -0.4 is 14.5 Å². The maximum absolute atomic E-state index is 13.8. The molecule has 7 rings (SSSR count). The van der Waals surface area contributed by atoms with E-state index >= 15 is 0 Å². The van der Waals surface area contributed by atoms with E-state index < -0.39 is 41.1 Å². The van der Waals surface area contributed by atoms with Crippen LogP contribution in [0.2, 0.25) is 0 Å². The van der Waals surface area contributed by atoms with E-state index in [0.29, 0.717) is 12.2 Å². The monoisotopic (exact) mass is 558 g/mol. The molecule has 11 heteroatoms. The van der Waals surface area contributed by atoms with Crippen LogP contribution in [0.1, 0.15) is 28.3 Å². The lowest BCUT2D eigenvalue weighted by Crippen LogP contribution is -2.42. The SMILES string of the molecule is COc1ccccc1[C@@H]1c2sc(=O)[nH]c2S[C@@H]2[C@@H]3C[C@@H]([C@@H]4C(=O)N(c5ccccc5C(F)(F)F)C(=O)[C@@H]34)[C@@H]12. The number of anilines is 1. The van der Waals surface area contributed by atoms with Gasteiger partial charge in [0.1, 0.15) is 5.75 Å². The third kappa shape index (κ3) is 3.17. The molecular formula is C27H21F3N2O4S2. The van der Waals surface area contributed by atoms with Crippen molar-refractivity contribution in [1.29, 1.82) is 0 Å². The largest absolute Gasteiger partial charge is 0.496 e. The van der Waals surface area contributed by atoms with E-state index in [1.165, 1.54) is 30.0 Å². The first-order valence-electron chi connectivity index (χ1n) is 12.3. The second kappa shape index (κ2) is 8.22. The molecule has 2 aliphatic heterocycles. The van der Waals surface area contributed by atoms with Gasteiger partial charge in [0.05, 0.1) is 35.2 Å². The van der Waals surface area contributed by atoms with Crippen LogP contribution >= 0.6 is 23.1 Å². The molecule has 196 valence electrons. The maximum Gasteiger partial charge on any atom is 0.418 e. The number of fused-ring (bicyclic) bond motifs is 9. The molecule has 1 aromatic heterocycles. The fourth-order valence-electron chi connectivity index (χ4n) is 7.43. The van der Waals surface area contributed by atoms with Gasteiger partial charge in [-0.25, -0.2) is 4.90 Å². The van der Waals surface area contributed by atoms with E-state index in [9.17, 15) is 27.6 Å². The van der Waals surface area contributed by atoms with Gasteiger partial charge in [-0.2, -0.15) is 13.2 Å². The van der Waals surface area contributed by atoms with Crippen molar-refractivity contribution in [2.24, 2.45) is 29.6 Å². The molecule has 6 nitrogen and oxygen atoms in total. The van der Waals surface area contributed by atoms with E-state index in [-0.39, 0.29) is 33.8 Å². The van der Waals surface area contributed by atoms with E-state index in [1.807, 2.05) is 24.3 Å². The fraction of sp³-hybridized carbons (Fsp3) is 0.370. The highest BCUT2D eigenvalue weighted by Crippen LogP contribution is 2.69. The van der Waals surface area contributed by atoms with E-state index in [1.54, 1.807) is 7.11 Å². The third-order valence-electron chi connectivity index (χ3n) is 8.65. The van der Waals surface area contributed by atoms with Crippen LogP contribution in [0, 0.1) is 29.6 Å². The second-order valence-corrected chi connectivity index (χ2v) is 12.4. The molecule has 4 aliphatic rings. The van der Waals surface area contributed by atoms with Crippen molar-refractivity contribution >= 4 is 40.6 Å². The predicted molar refractivity (Wildman–Crippen MR) is 135 cm³/mol. The number of amides is 2. The molecule has 7 atom stereocenters. The highest BCUT2D eigenvalue weighted by molar-refractivity contribution is 8.00. The number of carbonyl (C=O) groups excluding carboxylic acids is 2. The van der Waals surface area contributed by atoms with Gasteiger partial charge in [-0.05, 0) is 42.4 Å². The zero-order chi connectivity index (χ0) is 26.5. The number of methoxy groups -OCH3 is 1. The summed E-state index contributed by atoms with van der Waals surface area (Å²) in [7, 11) is 1.58. The Labute approximate surface area is 223 Å². The van der Waals surface area contributed by atoms with Gasteiger partial charge in [0.25, 0.3) is 0 Å². The number of carbonyl (C=O) groups is 2. The van der Waals surface area contributed by atoms with Gasteiger partial charge in [-0.15, -0.1) is 11.8 Å². The van der Waals surface area contributed by atoms with Crippen LogP contribution in [0.25, 0.3) is 0 Å². The lowest BCUT2D eigenvalue weighted by Gasteiger charge is -2.43. The summed E-state index contributed by atoms with van der Waals surface area (Å²) >= 11 is 2.67. The Morgan fingerprint density at radius 1 is 0.974 bits per heavy atom. The molecule has 0 radical (unpaired) electrons. The van der Waals surface area contributed by atoms with Crippen LogP contribution in [0.5, 0.6) is 5.75 Å². The molecule has 2 aromatic carbocycles. The Kier molecular flexibility index (Phi) is 5.20. The number of hydrogen-bond acceptors (Lipinski definition) is 6. The molecule has 2 bridgehead atoms. The van der Waals surface area contributed by atoms with Crippen LogP contribution in [-0.4, -0.2) is 29.2 Å². The molecule has 1 saturated heterocycles. The molecule has 1 N–H and O–H groups in total. The fourth-order valence-corrected chi connectivity index (χ4v) is 10.3. The van der Waals surface area contributed by atoms with Crippen molar-refractivity contribution in [2.45, 2.75) is 28.8 Å². The first-order chi connectivity index (χ1) is 18.2. The zero-order valence-corrected chi connectivity index (χ0v) is 21.5. The second-order valence-electron chi connectivity index (χ2n) is 10.2. The molecule has 38 heavy (non-hydrogen) atoms. The number of ether oxygens (including phenoxy) is 1. The van der Waals surface area contributed by atoms with E-state index in [2.05, 4.69) is 4.98 Å². The van der Waals surface area contributed by atoms with Crippen molar-refractivity contribution in [3.8, 4) is 5.75 Å². The van der Waals surface area contributed by atoms with Crippen LogP contribution in [-0.2, 0) is 15.8 Å². The minimum atomic E-state index is -4.70. The van der Waals surface area contributed by atoms with Gasteiger partial charge in [-0.3, -0.25) is 14.4 Å². The lowest BCUT2D eigenvalue weighted by atomic mass is 9.68. The smallest absolute Gasteiger partial charge is 0.418 e. The first-order valence-corrected chi connectivity index (χ1v) is 14.0. The summed E-state index contributed by atoms with van der Waals surface area (Å²) in [6.07, 6.45) is -4.05. The molecule has 0 unspecified atom stereocenters. The number of aromatic amines is 1. The molecule has 3 fully saturated rings. The van der Waals surface area contributed by atoms with Gasteiger partial charge in [0.2, 0.25) is 11.8 Å². The number of imide groups is 1. The van der Waals surface area contributed by atoms with Crippen molar-refractivity contribution in [3.05, 3.63) is 74.2 Å². The standard InChI is InChI=1S/C27H21F3N2O4S2/c1-36-16-9-5-2-6-11(16)17-18-12-10-13(21(18)37-23-22(17)38-26(35)31-23)20-19(12)24(33)32(25(20)34)15-8-4-3-7-14(15)27(28,29)30/h2-9,12-13,17-21H,10H2,1H3,(H,31,35)/t12-,13-,17+,18+,19+,20+,21-/m1/s1. The van der Waals surface area contributed by atoms with Crippen molar-refractivity contribution in [3.63, 3.8) is 0 Å². The lowest BCUT2D eigenvalue weighted by molar-refractivity contribution is -0.137. The van der Waals surface area contributed by atoms with Crippen LogP contribution in [0.4, 0.5) is 18.9 Å². The van der Waals surface area contributed by atoms with Crippen molar-refractivity contribution in [1.82, 2.24) is 4.98 Å². The number of nitrogens with one attached hydrogen (secondary N) is 1. The Bertz CT molecular complexity index is 1550. The minimum absolute atomic E-state index is 0.0662. The van der Waals surface area contributed by atoms with E-state index in [4.69, 9.17) is 4.74 Å². The van der Waals surface area contributed by atoms with Crippen molar-refractivity contribution < 1.29 is 27.5 Å². The quantitative estimate of drug-likeness (QED) is 0.451. The number of halogens is 3. The zero-order valence-electron chi connectivity index (χ0n) is 19.9. The van der Waals surface area contributed by atoms with Gasteiger partial charge < -0.3 is 9.72 Å². The Hall–Kier alpha value is -3.05. The predicted octanol–water partition coefficient (Wildman–Crippen LogP) is 5.14. The normalized spacial score (nSPS) is 31.4. The highest BCUT2D eigenvalue weighted by atomic mass is 32.2. The number of alkyl halides is 3. The molecule has 3 heterocycles. The summed E-state index contributed by atoms with van der Waals surface area (Å²) in [5.74, 6) is -2.50. The van der Waals surface area contributed by atoms with Crippen LogP contribution in [0.15, 0.2) is 58.4 Å². The Morgan fingerprint density at radius 3 is 2.39 bits per heavy atom. The number of thiazole rings is 1. The summed E-state index contributed by atoms with van der Waals surface area (Å²) in [6.45, 7) is 0. The number of rotatable bonds is 3. The summed E-state index contributed by atoms with van der Waals surface area (Å²) in [4.78, 5) is 44.4. The Morgan fingerprint density at radius 2 is 1.66 bits per heavy atom. The summed E-state index contributed by atoms with van der Waals surface area (Å²) < 4.78 is 47.1. The molecular weight excluding hydrogens is 537 g/mol. The highest BCUT2D eigenvalue weighted by Gasteiger charge is 2.70. The first kappa shape index (κ1) is 24.0. The molecule has 2 saturated carbocycles.